The average Bonchev–Trinajstić information content (AvgIpc) is 3.17. The molecular weight excluding hydrogens is 456 g/mol. The number of aryl methyl sites for hydroxylation is 1. The summed E-state index contributed by atoms with van der Waals surface area (Å²) in [6.07, 6.45) is 0.627. The standard InChI is InChI=1S/C29H36N2O5/c1-7-11-24-30-25(28(34)35-8-2)26(19(3)32)31(24)18-20-14-16-21(17-15-20)22-12-9-10-13-23(22)27(33)36-29(4,5)6/h9-10,12-17,19,32H,7-8,11,18H2,1-6H3. The molecule has 0 amide bonds. The molecule has 36 heavy (non-hydrogen) atoms. The van der Waals surface area contributed by atoms with E-state index in [-0.39, 0.29) is 18.3 Å². The number of esters is 2. The number of rotatable bonds is 9. The van der Waals surface area contributed by atoms with Crippen molar-refractivity contribution in [1.29, 1.82) is 0 Å². The van der Waals surface area contributed by atoms with Gasteiger partial charge in [-0.1, -0.05) is 49.4 Å². The van der Waals surface area contributed by atoms with Crippen molar-refractivity contribution < 1.29 is 24.2 Å². The number of benzene rings is 2. The Balaban J connectivity index is 1.95. The zero-order valence-corrected chi connectivity index (χ0v) is 22.0. The van der Waals surface area contributed by atoms with Crippen LogP contribution in [0.1, 0.15) is 92.0 Å². The van der Waals surface area contributed by atoms with Crippen molar-refractivity contribution in [2.24, 2.45) is 0 Å². The lowest BCUT2D eigenvalue weighted by Gasteiger charge is -2.20. The molecule has 0 bridgehead atoms. The van der Waals surface area contributed by atoms with Gasteiger partial charge in [-0.2, -0.15) is 0 Å². The van der Waals surface area contributed by atoms with Crippen LogP contribution in [0.4, 0.5) is 0 Å². The molecule has 1 unspecified atom stereocenters. The van der Waals surface area contributed by atoms with Crippen LogP contribution in [0.5, 0.6) is 0 Å². The molecule has 0 radical (unpaired) electrons. The molecule has 3 rings (SSSR count). The van der Waals surface area contributed by atoms with Crippen molar-refractivity contribution >= 4 is 11.9 Å². The van der Waals surface area contributed by atoms with E-state index >= 15 is 0 Å². The molecule has 0 aliphatic heterocycles. The second-order valence-electron chi connectivity index (χ2n) is 9.74. The van der Waals surface area contributed by atoms with Crippen LogP contribution in [-0.4, -0.2) is 38.8 Å². The highest BCUT2D eigenvalue weighted by atomic mass is 16.6. The van der Waals surface area contributed by atoms with Gasteiger partial charge < -0.3 is 19.1 Å². The van der Waals surface area contributed by atoms with Crippen molar-refractivity contribution in [2.75, 3.05) is 6.61 Å². The number of aromatic nitrogens is 2. The Bertz CT molecular complexity index is 1200. The van der Waals surface area contributed by atoms with E-state index in [0.717, 1.165) is 28.9 Å². The molecule has 0 saturated carbocycles. The Kier molecular flexibility index (Phi) is 8.69. The van der Waals surface area contributed by atoms with Crippen molar-refractivity contribution in [2.45, 2.75) is 72.6 Å². The second-order valence-corrected chi connectivity index (χ2v) is 9.74. The molecule has 7 nitrogen and oxygen atoms in total. The molecule has 2 aromatic carbocycles. The van der Waals surface area contributed by atoms with Crippen LogP contribution in [0, 0.1) is 0 Å². The Morgan fingerprint density at radius 2 is 1.69 bits per heavy atom. The van der Waals surface area contributed by atoms with E-state index in [1.807, 2.05) is 74.7 Å². The normalized spacial score (nSPS) is 12.3. The number of aliphatic hydroxyl groups excluding tert-OH is 1. The van der Waals surface area contributed by atoms with E-state index in [1.54, 1.807) is 19.9 Å². The van der Waals surface area contributed by atoms with Gasteiger partial charge >= 0.3 is 11.9 Å². The highest BCUT2D eigenvalue weighted by Gasteiger charge is 2.26. The minimum Gasteiger partial charge on any atom is -0.461 e. The molecule has 0 fully saturated rings. The van der Waals surface area contributed by atoms with Gasteiger partial charge in [0.25, 0.3) is 0 Å². The first-order valence-corrected chi connectivity index (χ1v) is 12.4. The van der Waals surface area contributed by atoms with Gasteiger partial charge in [0.15, 0.2) is 5.69 Å². The number of aliphatic hydroxyl groups is 1. The van der Waals surface area contributed by atoms with Gasteiger partial charge in [0, 0.05) is 13.0 Å². The summed E-state index contributed by atoms with van der Waals surface area (Å²) >= 11 is 0. The number of hydrogen-bond acceptors (Lipinski definition) is 6. The van der Waals surface area contributed by atoms with Crippen molar-refractivity contribution in [3.63, 3.8) is 0 Å². The SMILES string of the molecule is CCCc1nc(C(=O)OCC)c(C(C)O)n1Cc1ccc(-c2ccccc2C(=O)OC(C)(C)C)cc1. The first-order valence-electron chi connectivity index (χ1n) is 12.4. The molecule has 1 aromatic heterocycles. The van der Waals surface area contributed by atoms with E-state index in [1.165, 1.54) is 0 Å². The minimum atomic E-state index is -0.887. The zero-order valence-electron chi connectivity index (χ0n) is 22.0. The van der Waals surface area contributed by atoms with Gasteiger partial charge in [-0.3, -0.25) is 0 Å². The molecular formula is C29H36N2O5. The lowest BCUT2D eigenvalue weighted by molar-refractivity contribution is 0.00701. The summed E-state index contributed by atoms with van der Waals surface area (Å²) in [5.74, 6) is -0.160. The van der Waals surface area contributed by atoms with Gasteiger partial charge in [0.1, 0.15) is 11.4 Å². The van der Waals surface area contributed by atoms with E-state index in [0.29, 0.717) is 24.2 Å². The van der Waals surface area contributed by atoms with Crippen molar-refractivity contribution in [3.8, 4) is 11.1 Å². The number of ether oxygens (including phenoxy) is 2. The van der Waals surface area contributed by atoms with Gasteiger partial charge in [0.2, 0.25) is 0 Å². The summed E-state index contributed by atoms with van der Waals surface area (Å²) in [7, 11) is 0. The Morgan fingerprint density at radius 3 is 2.28 bits per heavy atom. The summed E-state index contributed by atoms with van der Waals surface area (Å²) in [6, 6.07) is 15.3. The summed E-state index contributed by atoms with van der Waals surface area (Å²) in [6.45, 7) is 11.6. The molecule has 3 aromatic rings. The summed E-state index contributed by atoms with van der Waals surface area (Å²) in [4.78, 5) is 29.8. The topological polar surface area (TPSA) is 90.6 Å². The predicted octanol–water partition coefficient (Wildman–Crippen LogP) is 5.74. The van der Waals surface area contributed by atoms with E-state index in [9.17, 15) is 14.7 Å². The number of hydrogen-bond donors (Lipinski definition) is 1. The number of imidazole rings is 1. The number of carbonyl (C=O) groups is 2. The number of carbonyl (C=O) groups excluding carboxylic acids is 2. The average molecular weight is 493 g/mol. The lowest BCUT2D eigenvalue weighted by Crippen LogP contribution is -2.24. The fourth-order valence-corrected chi connectivity index (χ4v) is 4.10. The molecule has 1 heterocycles. The predicted molar refractivity (Wildman–Crippen MR) is 139 cm³/mol. The molecule has 1 N–H and O–H groups in total. The monoisotopic (exact) mass is 492 g/mol. The smallest absolute Gasteiger partial charge is 0.358 e. The van der Waals surface area contributed by atoms with Gasteiger partial charge in [0.05, 0.1) is 24.0 Å². The molecule has 192 valence electrons. The van der Waals surface area contributed by atoms with E-state index in [2.05, 4.69) is 4.98 Å². The third-order valence-corrected chi connectivity index (χ3v) is 5.58. The fraction of sp³-hybridized carbons (Fsp3) is 0.414. The Morgan fingerprint density at radius 1 is 1.03 bits per heavy atom. The fourth-order valence-electron chi connectivity index (χ4n) is 4.10. The largest absolute Gasteiger partial charge is 0.461 e. The van der Waals surface area contributed by atoms with Gasteiger partial charge in [-0.25, -0.2) is 14.6 Å². The zero-order chi connectivity index (χ0) is 26.5. The summed E-state index contributed by atoms with van der Waals surface area (Å²) < 4.78 is 12.7. The van der Waals surface area contributed by atoms with Crippen LogP contribution in [0.25, 0.3) is 11.1 Å². The third-order valence-electron chi connectivity index (χ3n) is 5.58. The van der Waals surface area contributed by atoms with Gasteiger partial charge in [-0.05, 0) is 63.8 Å². The highest BCUT2D eigenvalue weighted by Crippen LogP contribution is 2.28. The maximum Gasteiger partial charge on any atom is 0.358 e. The molecule has 0 saturated heterocycles. The Hall–Kier alpha value is -3.45. The maximum atomic E-state index is 12.8. The van der Waals surface area contributed by atoms with E-state index in [4.69, 9.17) is 9.47 Å². The number of nitrogens with zero attached hydrogens (tertiary/aromatic N) is 2. The molecule has 0 spiro atoms. The van der Waals surface area contributed by atoms with Crippen LogP contribution in [-0.2, 0) is 22.4 Å². The first kappa shape index (κ1) is 27.1. The van der Waals surface area contributed by atoms with Crippen LogP contribution >= 0.6 is 0 Å². The van der Waals surface area contributed by atoms with Crippen LogP contribution in [0.15, 0.2) is 48.5 Å². The quantitative estimate of drug-likeness (QED) is 0.383. The molecule has 1 atom stereocenters. The highest BCUT2D eigenvalue weighted by molar-refractivity contribution is 5.97. The lowest BCUT2D eigenvalue weighted by atomic mass is 9.98. The summed E-state index contributed by atoms with van der Waals surface area (Å²) in [5.41, 5.74) is 3.20. The molecule has 0 aliphatic rings. The molecule has 0 aliphatic carbocycles. The Labute approximate surface area is 213 Å². The van der Waals surface area contributed by atoms with Gasteiger partial charge in [-0.15, -0.1) is 0 Å². The second kappa shape index (κ2) is 11.5. The third kappa shape index (κ3) is 6.40. The maximum absolute atomic E-state index is 12.8. The van der Waals surface area contributed by atoms with Crippen LogP contribution < -0.4 is 0 Å². The minimum absolute atomic E-state index is 0.165. The van der Waals surface area contributed by atoms with Crippen LogP contribution in [0.3, 0.4) is 0 Å². The van der Waals surface area contributed by atoms with E-state index < -0.39 is 17.7 Å². The molecule has 7 heteroatoms. The first-order chi connectivity index (χ1) is 17.1. The van der Waals surface area contributed by atoms with Crippen molar-refractivity contribution in [3.05, 3.63) is 76.9 Å². The summed E-state index contributed by atoms with van der Waals surface area (Å²) in [5, 5.41) is 10.5. The van der Waals surface area contributed by atoms with Crippen LogP contribution in [0.2, 0.25) is 0 Å². The van der Waals surface area contributed by atoms with Crippen molar-refractivity contribution in [1.82, 2.24) is 9.55 Å².